The average molecular weight is 264 g/mol. The third kappa shape index (κ3) is 5.31. The molecule has 1 aromatic rings. The second kappa shape index (κ2) is 7.63. The number of hydrogen-bond donors (Lipinski definition) is 1. The Hall–Kier alpha value is -0.900. The summed E-state index contributed by atoms with van der Waals surface area (Å²) in [4.78, 5) is 0. The molecule has 2 rings (SSSR count). The largest absolute Gasteiger partial charge is 0.314 e. The number of nitrogens with one attached hydrogen (secondary N) is 1. The Kier molecular flexibility index (Phi) is 5.83. The SMILES string of the molecule is CC(C)CC1CCCC(NCCCn2ccnn2)C1. The van der Waals surface area contributed by atoms with Crippen LogP contribution in [0.2, 0.25) is 0 Å². The van der Waals surface area contributed by atoms with Gasteiger partial charge in [-0.25, -0.2) is 0 Å². The van der Waals surface area contributed by atoms with Crippen LogP contribution >= 0.6 is 0 Å². The van der Waals surface area contributed by atoms with E-state index in [1.165, 1.54) is 32.1 Å². The second-order valence-electron chi connectivity index (χ2n) is 6.33. The molecule has 4 nitrogen and oxygen atoms in total. The number of nitrogens with zero attached hydrogens (tertiary/aromatic N) is 3. The fourth-order valence-corrected chi connectivity index (χ4v) is 3.26. The van der Waals surface area contributed by atoms with Gasteiger partial charge in [-0.15, -0.1) is 5.10 Å². The molecule has 1 saturated carbocycles. The Morgan fingerprint density at radius 3 is 3.00 bits per heavy atom. The molecular formula is C15H28N4. The van der Waals surface area contributed by atoms with E-state index in [1.54, 1.807) is 6.20 Å². The van der Waals surface area contributed by atoms with Gasteiger partial charge in [-0.2, -0.15) is 0 Å². The topological polar surface area (TPSA) is 42.7 Å². The van der Waals surface area contributed by atoms with Crippen molar-refractivity contribution in [2.45, 2.75) is 65.0 Å². The van der Waals surface area contributed by atoms with Gasteiger partial charge in [-0.3, -0.25) is 4.68 Å². The Balaban J connectivity index is 1.60. The van der Waals surface area contributed by atoms with Gasteiger partial charge >= 0.3 is 0 Å². The predicted molar refractivity (Wildman–Crippen MR) is 77.8 cm³/mol. The normalized spacial score (nSPS) is 23.9. The molecule has 2 unspecified atom stereocenters. The minimum atomic E-state index is 0.744. The zero-order valence-electron chi connectivity index (χ0n) is 12.4. The standard InChI is InChI=1S/C15H28N4/c1-13(2)11-14-5-3-6-15(12-14)16-7-4-9-19-10-8-17-18-19/h8,10,13-16H,3-7,9,11-12H2,1-2H3. The van der Waals surface area contributed by atoms with Gasteiger partial charge in [0.2, 0.25) is 0 Å². The van der Waals surface area contributed by atoms with Gasteiger partial charge < -0.3 is 5.32 Å². The van der Waals surface area contributed by atoms with Crippen molar-refractivity contribution in [1.29, 1.82) is 0 Å². The Morgan fingerprint density at radius 2 is 2.26 bits per heavy atom. The van der Waals surface area contributed by atoms with Crippen LogP contribution in [0.1, 0.15) is 52.4 Å². The molecule has 1 fully saturated rings. The van der Waals surface area contributed by atoms with E-state index in [4.69, 9.17) is 0 Å². The number of aryl methyl sites for hydroxylation is 1. The van der Waals surface area contributed by atoms with Gasteiger partial charge in [-0.05, 0) is 44.1 Å². The number of hydrogen-bond acceptors (Lipinski definition) is 3. The van der Waals surface area contributed by atoms with E-state index in [0.29, 0.717) is 0 Å². The summed E-state index contributed by atoms with van der Waals surface area (Å²) in [5, 5.41) is 11.5. The lowest BCUT2D eigenvalue weighted by molar-refractivity contribution is 0.252. The van der Waals surface area contributed by atoms with Crippen molar-refractivity contribution in [2.24, 2.45) is 11.8 Å². The van der Waals surface area contributed by atoms with E-state index < -0.39 is 0 Å². The lowest BCUT2D eigenvalue weighted by Crippen LogP contribution is -2.35. The van der Waals surface area contributed by atoms with Crippen molar-refractivity contribution < 1.29 is 0 Å². The lowest BCUT2D eigenvalue weighted by Gasteiger charge is -2.31. The molecule has 1 aromatic heterocycles. The monoisotopic (exact) mass is 264 g/mol. The molecule has 0 saturated heterocycles. The van der Waals surface area contributed by atoms with Crippen molar-refractivity contribution in [1.82, 2.24) is 20.3 Å². The minimum Gasteiger partial charge on any atom is -0.314 e. The smallest absolute Gasteiger partial charge is 0.0692 e. The minimum absolute atomic E-state index is 0.744. The van der Waals surface area contributed by atoms with Crippen LogP contribution in [-0.2, 0) is 6.54 Å². The number of rotatable bonds is 7. The predicted octanol–water partition coefficient (Wildman–Crippen LogP) is 2.86. The average Bonchev–Trinajstić information content (AvgIpc) is 2.87. The highest BCUT2D eigenvalue weighted by molar-refractivity contribution is 4.78. The summed E-state index contributed by atoms with van der Waals surface area (Å²) in [6.45, 7) is 6.75. The molecule has 0 spiro atoms. The van der Waals surface area contributed by atoms with E-state index >= 15 is 0 Å². The van der Waals surface area contributed by atoms with Crippen molar-refractivity contribution in [3.8, 4) is 0 Å². The Labute approximate surface area is 117 Å². The van der Waals surface area contributed by atoms with Gasteiger partial charge in [-0.1, -0.05) is 31.9 Å². The molecule has 1 heterocycles. The maximum atomic E-state index is 3.98. The van der Waals surface area contributed by atoms with Crippen LogP contribution in [0, 0.1) is 11.8 Å². The van der Waals surface area contributed by atoms with Crippen LogP contribution in [0.4, 0.5) is 0 Å². The van der Waals surface area contributed by atoms with E-state index in [-0.39, 0.29) is 0 Å². The molecule has 0 amide bonds. The second-order valence-corrected chi connectivity index (χ2v) is 6.33. The summed E-state index contributed by atoms with van der Waals surface area (Å²) in [7, 11) is 0. The van der Waals surface area contributed by atoms with Gasteiger partial charge in [0, 0.05) is 18.8 Å². The molecule has 0 aliphatic heterocycles. The molecule has 19 heavy (non-hydrogen) atoms. The molecular weight excluding hydrogens is 236 g/mol. The summed E-state index contributed by atoms with van der Waals surface area (Å²) in [6, 6.07) is 0.744. The lowest BCUT2D eigenvalue weighted by atomic mass is 9.81. The maximum absolute atomic E-state index is 3.98. The maximum Gasteiger partial charge on any atom is 0.0692 e. The van der Waals surface area contributed by atoms with Crippen LogP contribution in [-0.4, -0.2) is 27.6 Å². The van der Waals surface area contributed by atoms with E-state index in [9.17, 15) is 0 Å². The van der Waals surface area contributed by atoms with E-state index in [1.807, 2.05) is 10.9 Å². The first-order valence-corrected chi connectivity index (χ1v) is 7.81. The van der Waals surface area contributed by atoms with Crippen LogP contribution < -0.4 is 5.32 Å². The third-order valence-electron chi connectivity index (χ3n) is 4.06. The zero-order chi connectivity index (χ0) is 13.5. The number of aromatic nitrogens is 3. The molecule has 0 aromatic carbocycles. The first-order valence-electron chi connectivity index (χ1n) is 7.81. The first kappa shape index (κ1) is 14.5. The van der Waals surface area contributed by atoms with E-state index in [2.05, 4.69) is 29.5 Å². The Morgan fingerprint density at radius 1 is 1.37 bits per heavy atom. The fraction of sp³-hybridized carbons (Fsp3) is 0.867. The zero-order valence-corrected chi connectivity index (χ0v) is 12.4. The summed E-state index contributed by atoms with van der Waals surface area (Å²) in [5.41, 5.74) is 0. The van der Waals surface area contributed by atoms with Crippen LogP contribution in [0.25, 0.3) is 0 Å². The molecule has 0 bridgehead atoms. The molecule has 1 aliphatic rings. The van der Waals surface area contributed by atoms with E-state index in [0.717, 1.165) is 37.4 Å². The summed E-state index contributed by atoms with van der Waals surface area (Å²) >= 11 is 0. The van der Waals surface area contributed by atoms with Gasteiger partial charge in [0.05, 0.1) is 6.20 Å². The van der Waals surface area contributed by atoms with Crippen LogP contribution in [0.15, 0.2) is 12.4 Å². The van der Waals surface area contributed by atoms with Gasteiger partial charge in [0.1, 0.15) is 0 Å². The summed E-state index contributed by atoms with van der Waals surface area (Å²) < 4.78 is 1.91. The highest BCUT2D eigenvalue weighted by atomic mass is 15.4. The van der Waals surface area contributed by atoms with Gasteiger partial charge in [0.25, 0.3) is 0 Å². The van der Waals surface area contributed by atoms with Crippen molar-refractivity contribution in [3.05, 3.63) is 12.4 Å². The molecule has 1 aliphatic carbocycles. The van der Waals surface area contributed by atoms with Crippen LogP contribution in [0.5, 0.6) is 0 Å². The molecule has 4 heteroatoms. The summed E-state index contributed by atoms with van der Waals surface area (Å²) in [5.74, 6) is 1.79. The molecule has 1 N–H and O–H groups in total. The highest BCUT2D eigenvalue weighted by Crippen LogP contribution is 2.29. The first-order chi connectivity index (χ1) is 9.24. The fourth-order valence-electron chi connectivity index (χ4n) is 3.26. The summed E-state index contributed by atoms with van der Waals surface area (Å²) in [6.07, 6.45) is 11.8. The Bertz CT molecular complexity index is 334. The highest BCUT2D eigenvalue weighted by Gasteiger charge is 2.21. The van der Waals surface area contributed by atoms with Crippen molar-refractivity contribution in [2.75, 3.05) is 6.54 Å². The van der Waals surface area contributed by atoms with Crippen molar-refractivity contribution in [3.63, 3.8) is 0 Å². The molecule has 0 radical (unpaired) electrons. The molecule has 108 valence electrons. The quantitative estimate of drug-likeness (QED) is 0.770. The molecule has 2 atom stereocenters. The van der Waals surface area contributed by atoms with Gasteiger partial charge in [0.15, 0.2) is 0 Å². The van der Waals surface area contributed by atoms with Crippen LogP contribution in [0.3, 0.4) is 0 Å². The van der Waals surface area contributed by atoms with Crippen molar-refractivity contribution >= 4 is 0 Å². The third-order valence-corrected chi connectivity index (χ3v) is 4.06.